The van der Waals surface area contributed by atoms with Gasteiger partial charge in [-0.15, -0.1) is 0 Å². The SMILES string of the molecule is c1ccc(-c2nc(-c3cccc(-c4cccc(-c5ccc6c(c5)C(c5ccccc5)(c5ccccc5)c5ccccc5S6)c4)c3)nc(-c3ccccc3-c3ccccc3)n2)cc1. The maximum absolute atomic E-state index is 5.18. The zero-order chi connectivity index (χ0) is 41.3. The first-order valence-electron chi connectivity index (χ1n) is 20.9. The molecule has 9 aromatic carbocycles. The van der Waals surface area contributed by atoms with Crippen LogP contribution in [-0.2, 0) is 5.41 Å². The maximum Gasteiger partial charge on any atom is 0.164 e. The van der Waals surface area contributed by atoms with Crippen LogP contribution < -0.4 is 0 Å². The van der Waals surface area contributed by atoms with Crippen molar-refractivity contribution >= 4 is 11.8 Å². The molecule has 0 unspecified atom stereocenters. The van der Waals surface area contributed by atoms with Crippen LogP contribution >= 0.6 is 11.8 Å². The molecule has 1 aromatic heterocycles. The van der Waals surface area contributed by atoms with Crippen molar-refractivity contribution in [2.75, 3.05) is 0 Å². The summed E-state index contributed by atoms with van der Waals surface area (Å²) in [5.74, 6) is 1.90. The molecule has 0 fully saturated rings. The maximum atomic E-state index is 5.18. The Morgan fingerprint density at radius 3 is 1.35 bits per heavy atom. The van der Waals surface area contributed by atoms with Crippen molar-refractivity contribution in [2.24, 2.45) is 0 Å². The molecule has 1 aliphatic heterocycles. The molecule has 2 heterocycles. The molecule has 0 bridgehead atoms. The summed E-state index contributed by atoms with van der Waals surface area (Å²) in [6, 6.07) is 84.3. The van der Waals surface area contributed by atoms with Gasteiger partial charge < -0.3 is 0 Å². The zero-order valence-corrected chi connectivity index (χ0v) is 34.6. The Balaban J connectivity index is 1.02. The fraction of sp³-hybridized carbons (Fsp3) is 0.0172. The third-order valence-electron chi connectivity index (χ3n) is 11.9. The number of hydrogen-bond donors (Lipinski definition) is 0. The molecule has 0 radical (unpaired) electrons. The third kappa shape index (κ3) is 6.71. The number of hydrogen-bond acceptors (Lipinski definition) is 4. The van der Waals surface area contributed by atoms with Crippen LogP contribution in [0.3, 0.4) is 0 Å². The number of nitrogens with zero attached hydrogens (tertiary/aromatic N) is 3. The lowest BCUT2D eigenvalue weighted by Crippen LogP contribution is -2.34. The fourth-order valence-electron chi connectivity index (χ4n) is 8.99. The quantitative estimate of drug-likeness (QED) is 0.153. The summed E-state index contributed by atoms with van der Waals surface area (Å²) < 4.78 is 0. The van der Waals surface area contributed by atoms with E-state index >= 15 is 0 Å². The highest BCUT2D eigenvalue weighted by molar-refractivity contribution is 7.99. The summed E-state index contributed by atoms with van der Waals surface area (Å²) in [6.07, 6.45) is 0. The Labute approximate surface area is 366 Å². The van der Waals surface area contributed by atoms with Crippen molar-refractivity contribution in [3.05, 3.63) is 259 Å². The monoisotopic (exact) mass is 809 g/mol. The van der Waals surface area contributed by atoms with Gasteiger partial charge in [-0.3, -0.25) is 0 Å². The van der Waals surface area contributed by atoms with Gasteiger partial charge in [0.25, 0.3) is 0 Å². The topological polar surface area (TPSA) is 38.7 Å². The van der Waals surface area contributed by atoms with E-state index in [0.717, 1.165) is 44.5 Å². The van der Waals surface area contributed by atoms with Gasteiger partial charge in [-0.25, -0.2) is 15.0 Å². The Bertz CT molecular complexity index is 3160. The molecule has 0 saturated carbocycles. The van der Waals surface area contributed by atoms with Crippen molar-refractivity contribution < 1.29 is 0 Å². The summed E-state index contributed by atoms with van der Waals surface area (Å²) in [5, 5.41) is 0. The highest BCUT2D eigenvalue weighted by Crippen LogP contribution is 2.56. The van der Waals surface area contributed by atoms with E-state index in [0.29, 0.717) is 17.5 Å². The second-order valence-corrected chi connectivity index (χ2v) is 16.6. The highest BCUT2D eigenvalue weighted by Gasteiger charge is 2.44. The van der Waals surface area contributed by atoms with Crippen molar-refractivity contribution in [1.82, 2.24) is 15.0 Å². The van der Waals surface area contributed by atoms with E-state index in [2.05, 4.69) is 206 Å². The first-order chi connectivity index (χ1) is 30.7. The normalized spacial score (nSPS) is 12.6. The number of fused-ring (bicyclic) bond motifs is 2. The van der Waals surface area contributed by atoms with Gasteiger partial charge in [0.15, 0.2) is 17.5 Å². The Hall–Kier alpha value is -7.66. The minimum absolute atomic E-state index is 0.495. The van der Waals surface area contributed by atoms with Gasteiger partial charge in [0, 0.05) is 26.5 Å². The van der Waals surface area contributed by atoms with Gasteiger partial charge in [-0.1, -0.05) is 218 Å². The van der Waals surface area contributed by atoms with Crippen LogP contribution in [0.25, 0.3) is 67.5 Å². The predicted molar refractivity (Wildman–Crippen MR) is 255 cm³/mol. The number of benzene rings is 9. The smallest absolute Gasteiger partial charge is 0.164 e. The van der Waals surface area contributed by atoms with Crippen molar-refractivity contribution in [2.45, 2.75) is 15.2 Å². The van der Waals surface area contributed by atoms with Crippen LogP contribution in [0.4, 0.5) is 0 Å². The summed E-state index contributed by atoms with van der Waals surface area (Å²) in [6.45, 7) is 0. The molecular formula is C58H39N3S. The van der Waals surface area contributed by atoms with Crippen LogP contribution in [0.5, 0.6) is 0 Å². The highest BCUT2D eigenvalue weighted by atomic mass is 32.2. The summed E-state index contributed by atoms with van der Waals surface area (Å²) in [7, 11) is 0. The molecule has 4 heteroatoms. The van der Waals surface area contributed by atoms with Gasteiger partial charge in [0.05, 0.1) is 5.41 Å². The van der Waals surface area contributed by atoms with Gasteiger partial charge >= 0.3 is 0 Å². The van der Waals surface area contributed by atoms with Gasteiger partial charge in [-0.05, 0) is 86.0 Å². The standard InChI is InChI=1S/C58H39N3S/c1-5-19-40(20-6-1)49-31-13-14-32-50(49)57-60-55(41-21-7-2-8-22-41)59-56(61-57)46-26-18-25-44(38-46)42-23-17-24-43(37-42)45-35-36-54-52(39-45)58(47-27-9-3-10-28-47,48-29-11-4-12-30-48)51-33-15-16-34-53(51)62-54/h1-39H. The molecule has 3 nitrogen and oxygen atoms in total. The molecule has 62 heavy (non-hydrogen) atoms. The molecule has 0 spiro atoms. The van der Waals surface area contributed by atoms with Crippen LogP contribution in [0.1, 0.15) is 22.3 Å². The van der Waals surface area contributed by atoms with Gasteiger partial charge in [0.2, 0.25) is 0 Å². The van der Waals surface area contributed by atoms with Crippen LogP contribution in [-0.4, -0.2) is 15.0 Å². The number of aromatic nitrogens is 3. The predicted octanol–water partition coefficient (Wildman–Crippen LogP) is 14.7. The average Bonchev–Trinajstić information content (AvgIpc) is 3.36. The van der Waals surface area contributed by atoms with Crippen LogP contribution in [0.15, 0.2) is 246 Å². The fourth-order valence-corrected chi connectivity index (χ4v) is 10.2. The van der Waals surface area contributed by atoms with E-state index in [9.17, 15) is 0 Å². The van der Waals surface area contributed by atoms with Crippen molar-refractivity contribution in [3.8, 4) is 67.5 Å². The average molecular weight is 810 g/mol. The van der Waals surface area contributed by atoms with E-state index in [-0.39, 0.29) is 0 Å². The van der Waals surface area contributed by atoms with Gasteiger partial charge in [-0.2, -0.15) is 0 Å². The van der Waals surface area contributed by atoms with Crippen LogP contribution in [0.2, 0.25) is 0 Å². The first kappa shape index (κ1) is 37.3. The molecule has 10 aromatic rings. The molecule has 0 atom stereocenters. The second-order valence-electron chi connectivity index (χ2n) is 15.5. The van der Waals surface area contributed by atoms with E-state index in [4.69, 9.17) is 15.0 Å². The Morgan fingerprint density at radius 2 is 0.710 bits per heavy atom. The third-order valence-corrected chi connectivity index (χ3v) is 13.0. The van der Waals surface area contributed by atoms with E-state index in [1.165, 1.54) is 37.6 Å². The van der Waals surface area contributed by atoms with E-state index in [1.807, 2.05) is 42.1 Å². The van der Waals surface area contributed by atoms with Gasteiger partial charge in [0.1, 0.15) is 0 Å². The Kier molecular flexibility index (Phi) is 9.68. The molecule has 11 rings (SSSR count). The molecular weight excluding hydrogens is 771 g/mol. The second kappa shape index (κ2) is 16.1. The first-order valence-corrected chi connectivity index (χ1v) is 21.7. The lowest BCUT2D eigenvalue weighted by molar-refractivity contribution is 0.703. The van der Waals surface area contributed by atoms with Crippen LogP contribution in [0, 0.1) is 0 Å². The molecule has 0 saturated heterocycles. The molecule has 0 N–H and O–H groups in total. The van der Waals surface area contributed by atoms with E-state index in [1.54, 1.807) is 0 Å². The van der Waals surface area contributed by atoms with E-state index < -0.39 is 5.41 Å². The Morgan fingerprint density at radius 1 is 0.274 bits per heavy atom. The number of rotatable bonds is 8. The summed E-state index contributed by atoms with van der Waals surface area (Å²) >= 11 is 1.86. The molecule has 292 valence electrons. The molecule has 0 amide bonds. The lowest BCUT2D eigenvalue weighted by Gasteiger charge is -2.42. The molecule has 1 aliphatic rings. The largest absolute Gasteiger partial charge is 0.208 e. The minimum Gasteiger partial charge on any atom is -0.208 e. The lowest BCUT2D eigenvalue weighted by atomic mass is 9.64. The zero-order valence-electron chi connectivity index (χ0n) is 33.8. The minimum atomic E-state index is -0.495. The molecule has 0 aliphatic carbocycles. The summed E-state index contributed by atoms with van der Waals surface area (Å²) in [4.78, 5) is 17.9. The summed E-state index contributed by atoms with van der Waals surface area (Å²) in [5.41, 5.74) is 14.1. The van der Waals surface area contributed by atoms with Crippen molar-refractivity contribution in [3.63, 3.8) is 0 Å². The van der Waals surface area contributed by atoms with Crippen molar-refractivity contribution in [1.29, 1.82) is 0 Å².